The first kappa shape index (κ1) is 14.6. The van der Waals surface area contributed by atoms with Gasteiger partial charge in [0.1, 0.15) is 17.7 Å². The average molecular weight is 290 g/mol. The number of rotatable bonds is 4. The fourth-order valence-corrected chi connectivity index (χ4v) is 3.05. The number of nitrogens with one attached hydrogen (secondary N) is 1. The molecule has 3 unspecified atom stereocenters. The zero-order valence-corrected chi connectivity index (χ0v) is 13.2. The lowest BCUT2D eigenvalue weighted by Crippen LogP contribution is -2.29. The summed E-state index contributed by atoms with van der Waals surface area (Å²) in [6.45, 7) is 6.62. The van der Waals surface area contributed by atoms with Crippen LogP contribution in [0.15, 0.2) is 0 Å². The molecule has 2 fully saturated rings. The second-order valence-corrected chi connectivity index (χ2v) is 6.79. The third-order valence-electron chi connectivity index (χ3n) is 5.03. The minimum atomic E-state index is 0.266. The first-order valence-corrected chi connectivity index (χ1v) is 8.10. The lowest BCUT2D eigenvalue weighted by Gasteiger charge is -2.32. The molecule has 3 atom stereocenters. The van der Waals surface area contributed by atoms with Crippen LogP contribution in [0.2, 0.25) is 0 Å². The highest BCUT2D eigenvalue weighted by Gasteiger charge is 2.30. The molecule has 3 rings (SSSR count). The van der Waals surface area contributed by atoms with E-state index in [1.54, 1.807) is 0 Å². The van der Waals surface area contributed by atoms with Crippen molar-refractivity contribution >= 4 is 5.82 Å². The molecular weight excluding hydrogens is 264 g/mol. The first-order valence-electron chi connectivity index (χ1n) is 8.10. The van der Waals surface area contributed by atoms with Crippen LogP contribution in [0.25, 0.3) is 0 Å². The Kier molecular flexibility index (Phi) is 4.02. The van der Waals surface area contributed by atoms with Gasteiger partial charge in [-0.3, -0.25) is 0 Å². The minimum absolute atomic E-state index is 0.266. The van der Waals surface area contributed by atoms with Gasteiger partial charge in [0.2, 0.25) is 5.88 Å². The van der Waals surface area contributed by atoms with Crippen LogP contribution in [0.3, 0.4) is 0 Å². The second kappa shape index (κ2) is 5.79. The van der Waals surface area contributed by atoms with Gasteiger partial charge >= 0.3 is 0 Å². The molecular formula is C16H26N4O. The molecule has 0 aliphatic heterocycles. The summed E-state index contributed by atoms with van der Waals surface area (Å²) in [4.78, 5) is 9.16. The summed E-state index contributed by atoms with van der Waals surface area (Å²) < 4.78 is 6.22. The van der Waals surface area contributed by atoms with Crippen LogP contribution in [0.5, 0.6) is 5.88 Å². The number of ether oxygens (including phenoxy) is 1. The highest BCUT2D eigenvalue weighted by molar-refractivity contribution is 5.48. The van der Waals surface area contributed by atoms with Gasteiger partial charge in [-0.25, -0.2) is 10.8 Å². The SMILES string of the molecule is Cc1c(NN)nc(C2CC2)nc1OC1CCC(C)C(C)C1. The van der Waals surface area contributed by atoms with Gasteiger partial charge in [-0.1, -0.05) is 13.8 Å². The van der Waals surface area contributed by atoms with E-state index in [1.807, 2.05) is 6.92 Å². The molecule has 1 aromatic heterocycles. The van der Waals surface area contributed by atoms with Crippen molar-refractivity contribution in [1.82, 2.24) is 9.97 Å². The van der Waals surface area contributed by atoms with Gasteiger partial charge in [-0.05, 0) is 50.9 Å². The normalized spacial score (nSPS) is 29.2. The summed E-state index contributed by atoms with van der Waals surface area (Å²) in [7, 11) is 0. The average Bonchev–Trinajstić information content (AvgIpc) is 3.29. The smallest absolute Gasteiger partial charge is 0.222 e. The van der Waals surface area contributed by atoms with E-state index < -0.39 is 0 Å². The lowest BCUT2D eigenvalue weighted by molar-refractivity contribution is 0.0954. The number of nitrogen functional groups attached to an aromatic ring is 1. The third kappa shape index (κ3) is 3.12. The summed E-state index contributed by atoms with van der Waals surface area (Å²) in [5.74, 6) is 9.86. The molecule has 116 valence electrons. The van der Waals surface area contributed by atoms with Crippen molar-refractivity contribution in [2.75, 3.05) is 5.43 Å². The number of hydrogen-bond acceptors (Lipinski definition) is 5. The van der Waals surface area contributed by atoms with Gasteiger partial charge < -0.3 is 10.2 Å². The van der Waals surface area contributed by atoms with E-state index in [2.05, 4.69) is 29.2 Å². The summed E-state index contributed by atoms with van der Waals surface area (Å²) in [6, 6.07) is 0. The molecule has 0 spiro atoms. The number of hydrogen-bond donors (Lipinski definition) is 2. The monoisotopic (exact) mass is 290 g/mol. The molecule has 3 N–H and O–H groups in total. The van der Waals surface area contributed by atoms with Crippen LogP contribution in [0.4, 0.5) is 5.82 Å². The van der Waals surface area contributed by atoms with E-state index in [-0.39, 0.29) is 6.10 Å². The van der Waals surface area contributed by atoms with Crippen molar-refractivity contribution in [3.8, 4) is 5.88 Å². The van der Waals surface area contributed by atoms with E-state index in [0.717, 1.165) is 30.1 Å². The van der Waals surface area contributed by atoms with Crippen LogP contribution >= 0.6 is 0 Å². The minimum Gasteiger partial charge on any atom is -0.474 e. The van der Waals surface area contributed by atoms with Crippen LogP contribution in [-0.4, -0.2) is 16.1 Å². The standard InChI is InChI=1S/C16H26N4O/c1-9-4-7-13(8-10(9)2)21-16-11(3)14(20-17)18-15(19-16)12-5-6-12/h9-10,12-13H,4-8,17H2,1-3H3,(H,18,19,20). The Hall–Kier alpha value is -1.36. The molecule has 0 saturated heterocycles. The van der Waals surface area contributed by atoms with Gasteiger partial charge in [0.15, 0.2) is 0 Å². The summed E-state index contributed by atoms with van der Waals surface area (Å²) >= 11 is 0. The fraction of sp³-hybridized carbons (Fsp3) is 0.750. The fourth-order valence-electron chi connectivity index (χ4n) is 3.05. The Labute approximate surface area is 126 Å². The topological polar surface area (TPSA) is 73.1 Å². The first-order chi connectivity index (χ1) is 10.1. The highest BCUT2D eigenvalue weighted by Crippen LogP contribution is 2.40. The molecule has 1 heterocycles. The second-order valence-electron chi connectivity index (χ2n) is 6.79. The number of aromatic nitrogens is 2. The molecule has 0 amide bonds. The molecule has 2 aliphatic carbocycles. The number of anilines is 1. The largest absolute Gasteiger partial charge is 0.474 e. The van der Waals surface area contributed by atoms with Gasteiger partial charge in [-0.2, -0.15) is 4.98 Å². The van der Waals surface area contributed by atoms with E-state index in [1.165, 1.54) is 19.3 Å². The van der Waals surface area contributed by atoms with E-state index >= 15 is 0 Å². The van der Waals surface area contributed by atoms with Crippen molar-refractivity contribution in [1.29, 1.82) is 0 Å². The van der Waals surface area contributed by atoms with E-state index in [9.17, 15) is 0 Å². The predicted molar refractivity (Wildman–Crippen MR) is 83.1 cm³/mol. The highest BCUT2D eigenvalue weighted by atomic mass is 16.5. The van der Waals surface area contributed by atoms with Crippen LogP contribution < -0.4 is 16.0 Å². The van der Waals surface area contributed by atoms with Gasteiger partial charge in [0.05, 0.1) is 5.56 Å². The Morgan fingerprint density at radius 1 is 1.10 bits per heavy atom. The van der Waals surface area contributed by atoms with Gasteiger partial charge in [0.25, 0.3) is 0 Å². The number of hydrazine groups is 1. The lowest BCUT2D eigenvalue weighted by atomic mass is 9.80. The summed E-state index contributed by atoms with van der Waals surface area (Å²) in [6.07, 6.45) is 6.05. The Morgan fingerprint density at radius 2 is 1.86 bits per heavy atom. The number of nitrogens with zero attached hydrogens (tertiary/aromatic N) is 2. The molecule has 1 aromatic rings. The van der Waals surface area contributed by atoms with Crippen molar-refractivity contribution in [3.05, 3.63) is 11.4 Å². The van der Waals surface area contributed by atoms with Gasteiger partial charge in [-0.15, -0.1) is 0 Å². The van der Waals surface area contributed by atoms with Crippen LogP contribution in [0, 0.1) is 18.8 Å². The van der Waals surface area contributed by atoms with Crippen molar-refractivity contribution in [2.24, 2.45) is 17.7 Å². The molecule has 0 bridgehead atoms. The molecule has 2 aliphatic rings. The van der Waals surface area contributed by atoms with E-state index in [0.29, 0.717) is 23.5 Å². The molecule has 2 saturated carbocycles. The zero-order chi connectivity index (χ0) is 15.0. The molecule has 0 aromatic carbocycles. The Morgan fingerprint density at radius 3 is 2.48 bits per heavy atom. The van der Waals surface area contributed by atoms with Crippen molar-refractivity contribution in [2.45, 2.75) is 64.9 Å². The zero-order valence-electron chi connectivity index (χ0n) is 13.2. The maximum atomic E-state index is 6.22. The Bertz CT molecular complexity index is 515. The third-order valence-corrected chi connectivity index (χ3v) is 5.03. The van der Waals surface area contributed by atoms with Gasteiger partial charge in [0, 0.05) is 5.92 Å². The van der Waals surface area contributed by atoms with E-state index in [4.69, 9.17) is 10.6 Å². The summed E-state index contributed by atoms with van der Waals surface area (Å²) in [5, 5.41) is 0. The number of nitrogens with two attached hydrogens (primary N) is 1. The van der Waals surface area contributed by atoms with Crippen LogP contribution in [-0.2, 0) is 0 Å². The Balaban J connectivity index is 1.79. The predicted octanol–water partition coefficient (Wildman–Crippen LogP) is 3.15. The van der Waals surface area contributed by atoms with Crippen molar-refractivity contribution < 1.29 is 4.74 Å². The molecule has 5 heteroatoms. The maximum Gasteiger partial charge on any atom is 0.222 e. The molecule has 21 heavy (non-hydrogen) atoms. The summed E-state index contributed by atoms with van der Waals surface area (Å²) in [5.41, 5.74) is 3.59. The van der Waals surface area contributed by atoms with Crippen LogP contribution in [0.1, 0.15) is 63.3 Å². The molecule has 0 radical (unpaired) electrons. The quantitative estimate of drug-likeness (QED) is 0.658. The van der Waals surface area contributed by atoms with Crippen molar-refractivity contribution in [3.63, 3.8) is 0 Å². The molecule has 5 nitrogen and oxygen atoms in total. The maximum absolute atomic E-state index is 6.22.